The lowest BCUT2D eigenvalue weighted by Crippen LogP contribution is -2.30. The second kappa shape index (κ2) is 7.76. The molecule has 0 N–H and O–H groups in total. The Bertz CT molecular complexity index is 1260. The summed E-state index contributed by atoms with van der Waals surface area (Å²) in [5, 5.41) is 16.1. The summed E-state index contributed by atoms with van der Waals surface area (Å²) in [4.78, 5) is 36.5. The zero-order valence-corrected chi connectivity index (χ0v) is 19.0. The average Bonchev–Trinajstić information content (AvgIpc) is 3.47. The van der Waals surface area contributed by atoms with Gasteiger partial charge in [0.25, 0.3) is 17.5 Å². The van der Waals surface area contributed by atoms with Gasteiger partial charge in [-0.15, -0.1) is 0 Å². The lowest BCUT2D eigenvalue weighted by Gasteiger charge is -2.18. The Balaban J connectivity index is 1.14. The lowest BCUT2D eigenvalue weighted by molar-refractivity contribution is -0.384. The minimum Gasteiger partial charge on any atom is -0.493 e. The number of fused-ring (bicyclic) bond motifs is 3. The number of nitro groups is 1. The van der Waals surface area contributed by atoms with Crippen molar-refractivity contribution in [3.8, 4) is 11.5 Å². The van der Waals surface area contributed by atoms with Crippen molar-refractivity contribution >= 4 is 23.7 Å². The number of carbonyl (C=O) groups is 2. The van der Waals surface area contributed by atoms with Gasteiger partial charge in [-0.2, -0.15) is 10.1 Å². The van der Waals surface area contributed by atoms with Crippen LogP contribution < -0.4 is 9.47 Å². The molecule has 2 saturated carbocycles. The number of hydrazone groups is 1. The first kappa shape index (κ1) is 21.5. The average molecular weight is 473 g/mol. The van der Waals surface area contributed by atoms with Crippen molar-refractivity contribution in [1.82, 2.24) is 5.01 Å². The first-order valence-corrected chi connectivity index (χ1v) is 11.6. The first-order chi connectivity index (χ1) is 16.9. The number of hydrogen-bond acceptors (Lipinski definition) is 7. The van der Waals surface area contributed by atoms with Crippen LogP contribution in [0.4, 0.5) is 5.69 Å². The highest BCUT2D eigenvalue weighted by atomic mass is 16.6. The van der Waals surface area contributed by atoms with Gasteiger partial charge < -0.3 is 9.47 Å². The van der Waals surface area contributed by atoms with Crippen LogP contribution in [0.1, 0.15) is 24.0 Å². The Morgan fingerprint density at radius 3 is 2.29 bits per heavy atom. The molecule has 2 aromatic rings. The molecule has 2 amide bonds. The SMILES string of the molecule is COc1cc(/C=N/N2C(=O)C3C(C2=O)C2C=CC3C23CC3)ccc1OCc1ccc([N+](=O)[O-])cc1. The minimum absolute atomic E-state index is 0.0181. The van der Waals surface area contributed by atoms with Crippen LogP contribution in [0.5, 0.6) is 11.5 Å². The summed E-state index contributed by atoms with van der Waals surface area (Å²) in [6, 6.07) is 11.3. The van der Waals surface area contributed by atoms with Crippen molar-refractivity contribution in [2.75, 3.05) is 7.11 Å². The van der Waals surface area contributed by atoms with E-state index in [2.05, 4.69) is 17.3 Å². The van der Waals surface area contributed by atoms with E-state index in [0.29, 0.717) is 17.1 Å². The summed E-state index contributed by atoms with van der Waals surface area (Å²) in [6.45, 7) is 0.208. The van der Waals surface area contributed by atoms with Crippen LogP contribution in [0.15, 0.2) is 59.7 Å². The zero-order chi connectivity index (χ0) is 24.3. The third-order valence-electron chi connectivity index (χ3n) is 7.88. The molecule has 35 heavy (non-hydrogen) atoms. The molecular formula is C26H23N3O6. The van der Waals surface area contributed by atoms with Crippen molar-refractivity contribution in [1.29, 1.82) is 0 Å². The van der Waals surface area contributed by atoms with Gasteiger partial charge in [0.2, 0.25) is 0 Å². The highest BCUT2D eigenvalue weighted by Crippen LogP contribution is 2.73. The predicted molar refractivity (Wildman–Crippen MR) is 125 cm³/mol. The van der Waals surface area contributed by atoms with E-state index in [1.54, 1.807) is 30.3 Å². The monoisotopic (exact) mass is 473 g/mol. The van der Waals surface area contributed by atoms with E-state index in [4.69, 9.17) is 9.47 Å². The summed E-state index contributed by atoms with van der Waals surface area (Å²) in [5.74, 6) is 0.336. The second-order valence-electron chi connectivity index (χ2n) is 9.58. The molecule has 4 unspecified atom stereocenters. The molecule has 178 valence electrons. The van der Waals surface area contributed by atoms with Crippen LogP contribution in [0.25, 0.3) is 0 Å². The van der Waals surface area contributed by atoms with Gasteiger partial charge in [0.15, 0.2) is 11.5 Å². The van der Waals surface area contributed by atoms with Crippen molar-refractivity contribution in [3.63, 3.8) is 0 Å². The summed E-state index contributed by atoms with van der Waals surface area (Å²) in [7, 11) is 1.51. The van der Waals surface area contributed by atoms with Gasteiger partial charge in [-0.3, -0.25) is 19.7 Å². The highest BCUT2D eigenvalue weighted by molar-refractivity contribution is 6.07. The molecule has 3 fully saturated rings. The molecule has 3 aliphatic carbocycles. The van der Waals surface area contributed by atoms with Crippen LogP contribution in [0.3, 0.4) is 0 Å². The number of rotatable bonds is 7. The third-order valence-corrected chi connectivity index (χ3v) is 7.88. The number of methoxy groups -OCH3 is 1. The molecule has 1 spiro atoms. The molecule has 1 aliphatic heterocycles. The maximum absolute atomic E-state index is 13.1. The molecule has 4 atom stereocenters. The molecule has 9 nitrogen and oxygen atoms in total. The molecule has 2 bridgehead atoms. The Morgan fingerprint density at radius 1 is 1.06 bits per heavy atom. The fourth-order valence-corrected chi connectivity index (χ4v) is 6.06. The number of amides is 2. The largest absolute Gasteiger partial charge is 0.493 e. The number of non-ortho nitro benzene ring substituents is 1. The van der Waals surface area contributed by atoms with Gasteiger partial charge in [0.1, 0.15) is 6.61 Å². The number of nitro benzene ring substituents is 1. The van der Waals surface area contributed by atoms with E-state index in [1.807, 2.05) is 0 Å². The number of carbonyl (C=O) groups excluding carboxylic acids is 2. The van der Waals surface area contributed by atoms with E-state index < -0.39 is 4.92 Å². The van der Waals surface area contributed by atoms with Gasteiger partial charge in [0, 0.05) is 12.1 Å². The molecule has 1 saturated heterocycles. The topological polar surface area (TPSA) is 111 Å². The Labute approximate surface area is 201 Å². The van der Waals surface area contributed by atoms with E-state index in [0.717, 1.165) is 23.4 Å². The van der Waals surface area contributed by atoms with E-state index in [9.17, 15) is 19.7 Å². The fourth-order valence-electron chi connectivity index (χ4n) is 6.06. The number of benzene rings is 2. The van der Waals surface area contributed by atoms with Gasteiger partial charge in [-0.1, -0.05) is 12.2 Å². The van der Waals surface area contributed by atoms with E-state index in [1.165, 1.54) is 25.5 Å². The lowest BCUT2D eigenvalue weighted by atomic mass is 9.85. The molecule has 1 heterocycles. The smallest absolute Gasteiger partial charge is 0.269 e. The summed E-state index contributed by atoms with van der Waals surface area (Å²) >= 11 is 0. The Morgan fingerprint density at radius 2 is 1.71 bits per heavy atom. The highest BCUT2D eigenvalue weighted by Gasteiger charge is 2.73. The Hall–Kier alpha value is -4.01. The summed E-state index contributed by atoms with van der Waals surface area (Å²) < 4.78 is 11.3. The van der Waals surface area contributed by atoms with Crippen LogP contribution in [0.2, 0.25) is 0 Å². The second-order valence-corrected chi connectivity index (χ2v) is 9.58. The van der Waals surface area contributed by atoms with Gasteiger partial charge >= 0.3 is 0 Å². The van der Waals surface area contributed by atoms with Crippen molar-refractivity contribution in [3.05, 3.63) is 75.9 Å². The molecule has 0 aromatic heterocycles. The molecule has 9 heteroatoms. The fraction of sp³-hybridized carbons (Fsp3) is 0.346. The zero-order valence-electron chi connectivity index (χ0n) is 19.0. The number of allylic oxidation sites excluding steroid dienone is 2. The van der Waals surface area contributed by atoms with Gasteiger partial charge in [-0.05, 0) is 71.6 Å². The molecular weight excluding hydrogens is 450 g/mol. The maximum atomic E-state index is 13.1. The van der Waals surface area contributed by atoms with Crippen LogP contribution in [-0.4, -0.2) is 35.1 Å². The summed E-state index contributed by atoms with van der Waals surface area (Å²) in [5.41, 5.74) is 1.61. The number of imide groups is 1. The van der Waals surface area contributed by atoms with Crippen LogP contribution in [0, 0.1) is 39.2 Å². The van der Waals surface area contributed by atoms with Gasteiger partial charge in [-0.25, -0.2) is 0 Å². The third kappa shape index (κ3) is 3.25. The van der Waals surface area contributed by atoms with Gasteiger partial charge in [0.05, 0.1) is 30.1 Å². The van der Waals surface area contributed by atoms with Crippen molar-refractivity contribution in [2.45, 2.75) is 19.4 Å². The molecule has 4 aliphatic rings. The molecule has 6 rings (SSSR count). The standard InChI is InChI=1S/C26H23N3O6/c1-34-21-12-16(4-9-20(21)35-14-15-2-5-17(6-3-15)29(32)33)13-27-28-24(30)22-18-7-8-19(23(22)25(28)31)26(18)10-11-26/h2-9,12-13,18-19,22-23H,10-11,14H2,1H3/b27-13+. The quantitative estimate of drug-likeness (QED) is 0.199. The van der Waals surface area contributed by atoms with Crippen molar-refractivity contribution < 1.29 is 24.0 Å². The number of hydrogen-bond donors (Lipinski definition) is 0. The number of nitrogens with zero attached hydrogens (tertiary/aromatic N) is 3. The van der Waals surface area contributed by atoms with Crippen LogP contribution in [-0.2, 0) is 16.2 Å². The summed E-state index contributed by atoms with van der Waals surface area (Å²) in [6.07, 6.45) is 7.96. The molecule has 0 radical (unpaired) electrons. The Kier molecular flexibility index (Phi) is 4.77. The van der Waals surface area contributed by atoms with Crippen LogP contribution >= 0.6 is 0 Å². The number of ether oxygens (including phenoxy) is 2. The molecule has 2 aromatic carbocycles. The van der Waals surface area contributed by atoms with E-state index in [-0.39, 0.29) is 53.2 Å². The van der Waals surface area contributed by atoms with Crippen molar-refractivity contribution in [2.24, 2.45) is 34.2 Å². The predicted octanol–water partition coefficient (Wildman–Crippen LogP) is 3.71. The first-order valence-electron chi connectivity index (χ1n) is 11.6. The van der Waals surface area contributed by atoms with E-state index >= 15 is 0 Å². The minimum atomic E-state index is -0.450. The normalized spacial score (nSPS) is 27.2. The maximum Gasteiger partial charge on any atom is 0.269 e.